The van der Waals surface area contributed by atoms with E-state index in [-0.39, 0.29) is 6.92 Å². The maximum Gasteiger partial charge on any atom is 0.285 e. The summed E-state index contributed by atoms with van der Waals surface area (Å²) < 4.78 is 0. The van der Waals surface area contributed by atoms with E-state index in [0.717, 1.165) is 38.8 Å². The van der Waals surface area contributed by atoms with Crippen LogP contribution < -0.4 is 11.1 Å². The Hall–Kier alpha value is -0.0551. The Kier molecular flexibility index (Phi) is 4.23. The van der Waals surface area contributed by atoms with Crippen molar-refractivity contribution in [1.82, 2.24) is 5.32 Å². The average Bonchev–Trinajstić information content (AvgIpc) is 2.53. The van der Waals surface area contributed by atoms with Gasteiger partial charge in [-0.2, -0.15) is 0 Å². The van der Waals surface area contributed by atoms with Crippen LogP contribution in [0.15, 0.2) is 0 Å². The molecule has 1 fully saturated rings. The molecular formula is C9H21BN2O. The Morgan fingerprint density at radius 1 is 1.62 bits per heavy atom. The molecule has 0 amide bonds. The molecule has 0 saturated carbocycles. The van der Waals surface area contributed by atoms with Gasteiger partial charge in [-0.15, -0.1) is 0 Å². The molecule has 0 aromatic carbocycles. The Balaban J connectivity index is 2.23. The molecule has 1 aliphatic rings. The van der Waals surface area contributed by atoms with Crippen LogP contribution in [0, 0.1) is 5.41 Å². The Bertz CT molecular complexity index is 147. The summed E-state index contributed by atoms with van der Waals surface area (Å²) in [6, 6.07) is 0. The van der Waals surface area contributed by atoms with E-state index >= 15 is 0 Å². The topological polar surface area (TPSA) is 58.3 Å². The maximum atomic E-state index is 9.14. The SMILES string of the molecule is CB(O)CCCC1(CN)CCNC1. The summed E-state index contributed by atoms with van der Waals surface area (Å²) in [4.78, 5) is 0. The zero-order chi connectivity index (χ0) is 9.73. The predicted octanol–water partition coefficient (Wildman–Crippen LogP) is 0.319. The van der Waals surface area contributed by atoms with E-state index in [0.29, 0.717) is 5.41 Å². The predicted molar refractivity (Wildman–Crippen MR) is 56.9 cm³/mol. The molecule has 0 aromatic heterocycles. The van der Waals surface area contributed by atoms with Crippen LogP contribution in [-0.2, 0) is 0 Å². The minimum Gasteiger partial charge on any atom is -0.451 e. The molecule has 0 bridgehead atoms. The molecule has 1 heterocycles. The number of nitrogens with two attached hydrogens (primary N) is 1. The van der Waals surface area contributed by atoms with Crippen molar-refractivity contribution in [2.75, 3.05) is 19.6 Å². The third kappa shape index (κ3) is 3.29. The van der Waals surface area contributed by atoms with Gasteiger partial charge in [0.1, 0.15) is 0 Å². The fourth-order valence-corrected chi connectivity index (χ4v) is 2.06. The lowest BCUT2D eigenvalue weighted by molar-refractivity contribution is 0.303. The molecule has 1 rings (SSSR count). The van der Waals surface area contributed by atoms with E-state index in [9.17, 15) is 0 Å². The Morgan fingerprint density at radius 2 is 2.38 bits per heavy atom. The third-order valence-electron chi connectivity index (χ3n) is 3.09. The molecule has 3 nitrogen and oxygen atoms in total. The molecule has 0 spiro atoms. The summed E-state index contributed by atoms with van der Waals surface area (Å²) in [6.45, 7) is 4.63. The van der Waals surface area contributed by atoms with Crippen LogP contribution in [-0.4, -0.2) is 31.6 Å². The second-order valence-corrected chi connectivity index (χ2v) is 4.37. The molecule has 0 aliphatic carbocycles. The Morgan fingerprint density at radius 3 is 2.85 bits per heavy atom. The van der Waals surface area contributed by atoms with Crippen molar-refractivity contribution < 1.29 is 5.02 Å². The molecule has 1 saturated heterocycles. The van der Waals surface area contributed by atoms with Gasteiger partial charge in [0.2, 0.25) is 0 Å². The second-order valence-electron chi connectivity index (χ2n) is 4.37. The number of rotatable bonds is 5. The lowest BCUT2D eigenvalue weighted by Gasteiger charge is -2.26. The molecule has 4 N–H and O–H groups in total. The van der Waals surface area contributed by atoms with E-state index in [1.54, 1.807) is 0 Å². The average molecular weight is 184 g/mol. The largest absolute Gasteiger partial charge is 0.451 e. The smallest absolute Gasteiger partial charge is 0.285 e. The first-order chi connectivity index (χ1) is 6.18. The highest BCUT2D eigenvalue weighted by atomic mass is 16.2. The van der Waals surface area contributed by atoms with Crippen molar-refractivity contribution in [3.63, 3.8) is 0 Å². The molecule has 1 atom stereocenters. The van der Waals surface area contributed by atoms with E-state index < -0.39 is 0 Å². The van der Waals surface area contributed by atoms with Crippen LogP contribution in [0.5, 0.6) is 0 Å². The summed E-state index contributed by atoms with van der Waals surface area (Å²) >= 11 is 0. The van der Waals surface area contributed by atoms with E-state index in [1.807, 2.05) is 6.82 Å². The lowest BCUT2D eigenvalue weighted by Crippen LogP contribution is -2.32. The van der Waals surface area contributed by atoms with Crippen LogP contribution in [0.2, 0.25) is 13.1 Å². The first-order valence-corrected chi connectivity index (χ1v) is 5.27. The van der Waals surface area contributed by atoms with Crippen molar-refractivity contribution in [3.05, 3.63) is 0 Å². The second kappa shape index (κ2) is 4.98. The normalized spacial score (nSPS) is 27.9. The quantitative estimate of drug-likeness (QED) is 0.539. The van der Waals surface area contributed by atoms with Gasteiger partial charge in [-0.3, -0.25) is 0 Å². The summed E-state index contributed by atoms with van der Waals surface area (Å²) in [5.74, 6) is 0. The first kappa shape index (κ1) is 11.0. The van der Waals surface area contributed by atoms with Crippen LogP contribution in [0.3, 0.4) is 0 Å². The standard InChI is InChI=1S/C9H21BN2O/c1-10(13)5-2-3-9(7-11)4-6-12-8-9/h12-13H,2-8,11H2,1H3. The van der Waals surface area contributed by atoms with Gasteiger partial charge in [-0.05, 0) is 37.7 Å². The van der Waals surface area contributed by atoms with Gasteiger partial charge in [0.15, 0.2) is 0 Å². The van der Waals surface area contributed by atoms with Crippen molar-refractivity contribution in [1.29, 1.82) is 0 Å². The van der Waals surface area contributed by atoms with Crippen LogP contribution >= 0.6 is 0 Å². The molecule has 13 heavy (non-hydrogen) atoms. The van der Waals surface area contributed by atoms with Crippen molar-refractivity contribution in [3.8, 4) is 0 Å². The highest BCUT2D eigenvalue weighted by Gasteiger charge is 2.31. The molecule has 0 radical (unpaired) electrons. The van der Waals surface area contributed by atoms with Gasteiger partial charge in [0.25, 0.3) is 6.92 Å². The van der Waals surface area contributed by atoms with Gasteiger partial charge >= 0.3 is 0 Å². The highest BCUT2D eigenvalue weighted by Crippen LogP contribution is 2.30. The van der Waals surface area contributed by atoms with Gasteiger partial charge in [-0.25, -0.2) is 0 Å². The molecule has 1 unspecified atom stereocenters. The van der Waals surface area contributed by atoms with Gasteiger partial charge in [-0.1, -0.05) is 13.2 Å². The minimum atomic E-state index is -0.163. The van der Waals surface area contributed by atoms with Crippen LogP contribution in [0.4, 0.5) is 0 Å². The van der Waals surface area contributed by atoms with Crippen molar-refractivity contribution in [2.45, 2.75) is 32.4 Å². The van der Waals surface area contributed by atoms with Gasteiger partial charge < -0.3 is 16.1 Å². The van der Waals surface area contributed by atoms with Gasteiger partial charge in [0.05, 0.1) is 0 Å². The molecule has 0 aromatic rings. The monoisotopic (exact) mass is 184 g/mol. The van der Waals surface area contributed by atoms with E-state index in [2.05, 4.69) is 5.32 Å². The molecular weight excluding hydrogens is 163 g/mol. The van der Waals surface area contributed by atoms with Crippen molar-refractivity contribution in [2.24, 2.45) is 11.1 Å². The maximum absolute atomic E-state index is 9.14. The zero-order valence-corrected chi connectivity index (χ0v) is 8.55. The lowest BCUT2D eigenvalue weighted by atomic mass is 9.65. The summed E-state index contributed by atoms with van der Waals surface area (Å²) in [5, 5.41) is 12.5. The van der Waals surface area contributed by atoms with E-state index in [4.69, 9.17) is 10.8 Å². The zero-order valence-electron chi connectivity index (χ0n) is 8.55. The molecule has 1 aliphatic heterocycles. The highest BCUT2D eigenvalue weighted by molar-refractivity contribution is 6.48. The van der Waals surface area contributed by atoms with Crippen LogP contribution in [0.1, 0.15) is 19.3 Å². The van der Waals surface area contributed by atoms with Gasteiger partial charge in [0, 0.05) is 6.54 Å². The van der Waals surface area contributed by atoms with Crippen LogP contribution in [0.25, 0.3) is 0 Å². The summed E-state index contributed by atoms with van der Waals surface area (Å²) in [7, 11) is 0. The minimum absolute atomic E-state index is 0.163. The van der Waals surface area contributed by atoms with Crippen molar-refractivity contribution >= 4 is 6.92 Å². The van der Waals surface area contributed by atoms with E-state index in [1.165, 1.54) is 6.42 Å². The Labute approximate surface area is 81.2 Å². The number of hydrogen-bond donors (Lipinski definition) is 3. The summed E-state index contributed by atoms with van der Waals surface area (Å²) in [5.41, 5.74) is 6.11. The molecule has 4 heteroatoms. The molecule has 76 valence electrons. The number of hydrogen-bond acceptors (Lipinski definition) is 3. The fraction of sp³-hybridized carbons (Fsp3) is 1.00. The number of nitrogens with one attached hydrogen (secondary N) is 1. The first-order valence-electron chi connectivity index (χ1n) is 5.27. The third-order valence-corrected chi connectivity index (χ3v) is 3.09. The fourth-order valence-electron chi connectivity index (χ4n) is 2.06. The summed E-state index contributed by atoms with van der Waals surface area (Å²) in [6.07, 6.45) is 4.35.